The van der Waals surface area contributed by atoms with Crippen molar-refractivity contribution in [2.45, 2.75) is 33.2 Å². The Morgan fingerprint density at radius 1 is 1.42 bits per heavy atom. The van der Waals surface area contributed by atoms with E-state index in [1.807, 2.05) is 0 Å². The average Bonchev–Trinajstić information content (AvgIpc) is 2.48. The van der Waals surface area contributed by atoms with Gasteiger partial charge in [-0.15, -0.1) is 0 Å². The van der Waals surface area contributed by atoms with Crippen LogP contribution >= 0.6 is 0 Å². The number of esters is 1. The summed E-state index contributed by atoms with van der Waals surface area (Å²) in [4.78, 5) is 47.3. The van der Waals surface area contributed by atoms with E-state index in [1.165, 1.54) is 14.0 Å². The van der Waals surface area contributed by atoms with E-state index in [2.05, 4.69) is 10.1 Å². The van der Waals surface area contributed by atoms with Crippen molar-refractivity contribution in [3.8, 4) is 0 Å². The SMILES string of the molecule is COC(=O)C(CN1C(=O)CC(C)(C)C1=O)NC(C)=O. The number of nitrogens with zero attached hydrogens (tertiary/aromatic N) is 1. The van der Waals surface area contributed by atoms with Crippen molar-refractivity contribution in [3.05, 3.63) is 0 Å². The maximum Gasteiger partial charge on any atom is 0.330 e. The molecule has 1 atom stereocenters. The molecule has 0 saturated carbocycles. The van der Waals surface area contributed by atoms with Gasteiger partial charge in [0.2, 0.25) is 17.7 Å². The fraction of sp³-hybridized carbons (Fsp3) is 0.667. The van der Waals surface area contributed by atoms with Crippen molar-refractivity contribution in [2.24, 2.45) is 5.41 Å². The molecule has 1 rings (SSSR count). The largest absolute Gasteiger partial charge is 0.467 e. The van der Waals surface area contributed by atoms with E-state index in [9.17, 15) is 19.2 Å². The van der Waals surface area contributed by atoms with Gasteiger partial charge in [0, 0.05) is 13.3 Å². The zero-order valence-electron chi connectivity index (χ0n) is 11.5. The van der Waals surface area contributed by atoms with Gasteiger partial charge in [-0.2, -0.15) is 0 Å². The van der Waals surface area contributed by atoms with E-state index >= 15 is 0 Å². The van der Waals surface area contributed by atoms with Gasteiger partial charge in [-0.3, -0.25) is 19.3 Å². The Kier molecular flexibility index (Phi) is 4.28. The number of ether oxygens (including phenoxy) is 1. The van der Waals surface area contributed by atoms with E-state index in [-0.39, 0.29) is 24.8 Å². The number of hydrogen-bond acceptors (Lipinski definition) is 5. The van der Waals surface area contributed by atoms with Gasteiger partial charge >= 0.3 is 5.97 Å². The zero-order valence-corrected chi connectivity index (χ0v) is 11.5. The molecule has 3 amide bonds. The number of nitrogens with one attached hydrogen (secondary N) is 1. The smallest absolute Gasteiger partial charge is 0.330 e. The van der Waals surface area contributed by atoms with Crippen molar-refractivity contribution in [1.29, 1.82) is 0 Å². The molecule has 0 aromatic heterocycles. The van der Waals surface area contributed by atoms with E-state index in [0.29, 0.717) is 0 Å². The molecule has 0 radical (unpaired) electrons. The van der Waals surface area contributed by atoms with Gasteiger partial charge < -0.3 is 10.1 Å². The highest BCUT2D eigenvalue weighted by molar-refractivity contribution is 6.05. The van der Waals surface area contributed by atoms with Gasteiger partial charge in [-0.1, -0.05) is 13.8 Å². The van der Waals surface area contributed by atoms with Crippen LogP contribution in [0.25, 0.3) is 0 Å². The van der Waals surface area contributed by atoms with Gasteiger partial charge in [0.1, 0.15) is 6.04 Å². The molecule has 1 aliphatic heterocycles. The molecule has 1 fully saturated rings. The highest BCUT2D eigenvalue weighted by Crippen LogP contribution is 2.31. The van der Waals surface area contributed by atoms with Crippen molar-refractivity contribution < 1.29 is 23.9 Å². The van der Waals surface area contributed by atoms with E-state index < -0.39 is 23.3 Å². The summed E-state index contributed by atoms with van der Waals surface area (Å²) in [6.45, 7) is 4.37. The first kappa shape index (κ1) is 15.1. The number of carbonyl (C=O) groups excluding carboxylic acids is 4. The summed E-state index contributed by atoms with van der Waals surface area (Å²) in [7, 11) is 1.18. The predicted molar refractivity (Wildman–Crippen MR) is 64.7 cm³/mol. The molecule has 0 spiro atoms. The Bertz CT molecular complexity index is 430. The fourth-order valence-corrected chi connectivity index (χ4v) is 1.96. The van der Waals surface area contributed by atoms with Crippen LogP contribution in [0.5, 0.6) is 0 Å². The number of carbonyl (C=O) groups is 4. The van der Waals surface area contributed by atoms with Crippen LogP contribution in [0.1, 0.15) is 27.2 Å². The van der Waals surface area contributed by atoms with Crippen molar-refractivity contribution in [2.75, 3.05) is 13.7 Å². The van der Waals surface area contributed by atoms with Crippen LogP contribution in [-0.4, -0.2) is 48.3 Å². The summed E-state index contributed by atoms with van der Waals surface area (Å²) < 4.78 is 4.54. The highest BCUT2D eigenvalue weighted by atomic mass is 16.5. The standard InChI is InChI=1S/C12H18N2O5/c1-7(15)13-8(10(17)19-4)6-14-9(16)5-12(2,3)11(14)18/h8H,5-6H2,1-4H3,(H,13,15). The van der Waals surface area contributed by atoms with E-state index in [4.69, 9.17) is 0 Å². The van der Waals surface area contributed by atoms with Gasteiger partial charge in [0.25, 0.3) is 0 Å². The van der Waals surface area contributed by atoms with Crippen LogP contribution in [0.15, 0.2) is 0 Å². The molecular weight excluding hydrogens is 252 g/mol. The molecule has 7 heteroatoms. The predicted octanol–water partition coefficient (Wildman–Crippen LogP) is -0.551. The number of methoxy groups -OCH3 is 1. The number of amides is 3. The zero-order chi connectivity index (χ0) is 14.8. The second kappa shape index (κ2) is 5.38. The summed E-state index contributed by atoms with van der Waals surface area (Å²) in [5.41, 5.74) is -0.770. The molecule has 1 unspecified atom stereocenters. The average molecular weight is 270 g/mol. The number of imide groups is 1. The van der Waals surface area contributed by atoms with Crippen LogP contribution in [0, 0.1) is 5.41 Å². The maximum atomic E-state index is 12.0. The normalized spacial score (nSPS) is 19.3. The molecule has 19 heavy (non-hydrogen) atoms. The minimum Gasteiger partial charge on any atom is -0.467 e. The Balaban J connectivity index is 2.85. The number of hydrogen-bond donors (Lipinski definition) is 1. The first-order valence-corrected chi connectivity index (χ1v) is 5.89. The van der Waals surface area contributed by atoms with Crippen LogP contribution in [0.4, 0.5) is 0 Å². The molecule has 1 saturated heterocycles. The van der Waals surface area contributed by atoms with Gasteiger partial charge in [-0.05, 0) is 0 Å². The summed E-state index contributed by atoms with van der Waals surface area (Å²) in [6.07, 6.45) is 0.0970. The van der Waals surface area contributed by atoms with Gasteiger partial charge in [0.15, 0.2) is 0 Å². The second-order valence-corrected chi connectivity index (χ2v) is 5.15. The Morgan fingerprint density at radius 2 is 2.00 bits per heavy atom. The third kappa shape index (κ3) is 3.30. The number of likely N-dealkylation sites (tertiary alicyclic amines) is 1. The first-order chi connectivity index (χ1) is 8.69. The van der Waals surface area contributed by atoms with Crippen molar-refractivity contribution in [1.82, 2.24) is 10.2 Å². The van der Waals surface area contributed by atoms with Gasteiger partial charge in [0.05, 0.1) is 19.1 Å². The molecule has 7 nitrogen and oxygen atoms in total. The van der Waals surface area contributed by atoms with Crippen molar-refractivity contribution in [3.63, 3.8) is 0 Å². The molecular formula is C12H18N2O5. The van der Waals surface area contributed by atoms with Gasteiger partial charge in [-0.25, -0.2) is 4.79 Å². The molecule has 0 aromatic rings. The Labute approximate surface area is 111 Å². The number of rotatable bonds is 4. The van der Waals surface area contributed by atoms with Crippen LogP contribution in [0.2, 0.25) is 0 Å². The minimum atomic E-state index is -1.04. The molecule has 1 heterocycles. The summed E-state index contributed by atoms with van der Waals surface area (Å²) in [5, 5.41) is 2.37. The third-order valence-electron chi connectivity index (χ3n) is 2.95. The lowest BCUT2D eigenvalue weighted by atomic mass is 9.92. The minimum absolute atomic E-state index is 0.0970. The molecule has 1 N–H and O–H groups in total. The van der Waals surface area contributed by atoms with Crippen LogP contribution in [0.3, 0.4) is 0 Å². The third-order valence-corrected chi connectivity index (χ3v) is 2.95. The Hall–Kier alpha value is -1.92. The molecule has 1 aliphatic rings. The van der Waals surface area contributed by atoms with E-state index in [1.54, 1.807) is 13.8 Å². The monoisotopic (exact) mass is 270 g/mol. The second-order valence-electron chi connectivity index (χ2n) is 5.15. The molecule has 106 valence electrons. The topological polar surface area (TPSA) is 92.8 Å². The summed E-state index contributed by atoms with van der Waals surface area (Å²) in [5.74, 6) is -1.83. The summed E-state index contributed by atoms with van der Waals surface area (Å²) >= 11 is 0. The maximum absolute atomic E-state index is 12.0. The summed E-state index contributed by atoms with van der Waals surface area (Å²) in [6, 6.07) is -1.04. The lowest BCUT2D eigenvalue weighted by Gasteiger charge is -2.22. The molecule has 0 aromatic carbocycles. The fourth-order valence-electron chi connectivity index (χ4n) is 1.96. The quantitative estimate of drug-likeness (QED) is 0.546. The van der Waals surface area contributed by atoms with Crippen LogP contribution in [-0.2, 0) is 23.9 Å². The molecule has 0 aliphatic carbocycles. The van der Waals surface area contributed by atoms with Crippen molar-refractivity contribution >= 4 is 23.7 Å². The molecule has 0 bridgehead atoms. The van der Waals surface area contributed by atoms with E-state index in [0.717, 1.165) is 4.90 Å². The highest BCUT2D eigenvalue weighted by Gasteiger charge is 2.46. The lowest BCUT2D eigenvalue weighted by molar-refractivity contribution is -0.148. The lowest BCUT2D eigenvalue weighted by Crippen LogP contribution is -2.50. The Morgan fingerprint density at radius 3 is 2.37 bits per heavy atom. The van der Waals surface area contributed by atoms with Crippen LogP contribution < -0.4 is 5.32 Å². The first-order valence-electron chi connectivity index (χ1n) is 5.89.